The minimum atomic E-state index is -0.319. The van der Waals surface area contributed by atoms with Gasteiger partial charge in [-0.2, -0.15) is 5.10 Å². The highest BCUT2D eigenvalue weighted by atomic mass is 32.1. The van der Waals surface area contributed by atoms with Crippen molar-refractivity contribution in [2.75, 3.05) is 5.32 Å². The van der Waals surface area contributed by atoms with Gasteiger partial charge in [0.05, 0.1) is 15.8 Å². The second-order valence-electron chi connectivity index (χ2n) is 5.97. The summed E-state index contributed by atoms with van der Waals surface area (Å²) in [6.45, 7) is 1.88. The van der Waals surface area contributed by atoms with Crippen molar-refractivity contribution in [3.8, 4) is 16.3 Å². The van der Waals surface area contributed by atoms with Gasteiger partial charge in [-0.15, -0.1) is 11.3 Å². The first-order valence-electron chi connectivity index (χ1n) is 8.02. The number of aromatic hydroxyl groups is 1. The molecule has 2 N–H and O–H groups in total. The first kappa shape index (κ1) is 16.3. The van der Waals surface area contributed by atoms with Crippen LogP contribution in [0.5, 0.6) is 5.75 Å². The molecule has 0 aliphatic carbocycles. The van der Waals surface area contributed by atoms with Crippen molar-refractivity contribution in [1.29, 1.82) is 0 Å². The molecule has 0 aliphatic heterocycles. The Hall–Kier alpha value is -3.19. The Morgan fingerprint density at radius 1 is 1.19 bits per heavy atom. The first-order chi connectivity index (χ1) is 12.5. The lowest BCUT2D eigenvalue weighted by molar-refractivity contribution is 0.102. The molecule has 0 saturated heterocycles. The van der Waals surface area contributed by atoms with Gasteiger partial charge in [-0.3, -0.25) is 9.48 Å². The molecule has 26 heavy (non-hydrogen) atoms. The Balaban J connectivity index is 1.60. The fraction of sp³-hybridized carbons (Fsp3) is 0.105. The molecule has 1 amide bonds. The molecule has 0 radical (unpaired) electrons. The number of hydrogen-bond acceptors (Lipinski definition) is 5. The number of fused-ring (bicyclic) bond motifs is 1. The molecule has 6 nitrogen and oxygen atoms in total. The van der Waals surface area contributed by atoms with E-state index in [1.54, 1.807) is 29.9 Å². The highest BCUT2D eigenvalue weighted by molar-refractivity contribution is 7.21. The van der Waals surface area contributed by atoms with Crippen LogP contribution in [0.1, 0.15) is 16.2 Å². The summed E-state index contributed by atoms with van der Waals surface area (Å²) in [5.41, 5.74) is 3.26. The number of rotatable bonds is 3. The largest absolute Gasteiger partial charge is 0.507 e. The third kappa shape index (κ3) is 2.93. The van der Waals surface area contributed by atoms with E-state index in [1.807, 2.05) is 31.2 Å². The maximum absolute atomic E-state index is 12.3. The predicted octanol–water partition coefficient (Wildman–Crippen LogP) is 3.96. The van der Waals surface area contributed by atoms with Crippen LogP contribution in [0.25, 0.3) is 20.8 Å². The average Bonchev–Trinajstić information content (AvgIpc) is 3.18. The van der Waals surface area contributed by atoms with Crippen molar-refractivity contribution in [1.82, 2.24) is 14.8 Å². The summed E-state index contributed by atoms with van der Waals surface area (Å²) in [4.78, 5) is 16.8. The van der Waals surface area contributed by atoms with Crippen LogP contribution in [0.4, 0.5) is 5.69 Å². The van der Waals surface area contributed by atoms with Gasteiger partial charge >= 0.3 is 0 Å². The number of nitrogens with one attached hydrogen (secondary N) is 1. The number of phenolic OH excluding ortho intramolecular Hbond substituents is 1. The third-order valence-electron chi connectivity index (χ3n) is 4.13. The Labute approximate surface area is 153 Å². The molecule has 0 spiro atoms. The van der Waals surface area contributed by atoms with E-state index in [4.69, 9.17) is 0 Å². The summed E-state index contributed by atoms with van der Waals surface area (Å²) in [6.07, 6.45) is 0. The molecule has 2 aromatic carbocycles. The van der Waals surface area contributed by atoms with Crippen LogP contribution in [0, 0.1) is 6.92 Å². The molecule has 0 fully saturated rings. The Kier molecular flexibility index (Phi) is 3.93. The number of carbonyl (C=O) groups is 1. The number of para-hydroxylation sites is 1. The minimum absolute atomic E-state index is 0.0686. The van der Waals surface area contributed by atoms with Gasteiger partial charge in [-0.25, -0.2) is 4.98 Å². The zero-order valence-corrected chi connectivity index (χ0v) is 15.0. The lowest BCUT2D eigenvalue weighted by Crippen LogP contribution is -2.12. The van der Waals surface area contributed by atoms with Crippen molar-refractivity contribution >= 4 is 33.1 Å². The highest BCUT2D eigenvalue weighted by Crippen LogP contribution is 2.36. The van der Waals surface area contributed by atoms with E-state index < -0.39 is 0 Å². The van der Waals surface area contributed by atoms with Crippen molar-refractivity contribution in [3.05, 3.63) is 59.9 Å². The van der Waals surface area contributed by atoms with E-state index in [0.29, 0.717) is 16.9 Å². The van der Waals surface area contributed by atoms with Crippen LogP contribution in [0.2, 0.25) is 0 Å². The Morgan fingerprint density at radius 3 is 2.69 bits per heavy atom. The molecular weight excluding hydrogens is 348 g/mol. The van der Waals surface area contributed by atoms with Crippen LogP contribution in [-0.2, 0) is 7.05 Å². The van der Waals surface area contributed by atoms with E-state index >= 15 is 0 Å². The molecule has 2 heterocycles. The number of thiazole rings is 1. The summed E-state index contributed by atoms with van der Waals surface area (Å²) in [5, 5.41) is 18.0. The van der Waals surface area contributed by atoms with Crippen LogP contribution < -0.4 is 5.32 Å². The zero-order valence-electron chi connectivity index (χ0n) is 14.2. The van der Waals surface area contributed by atoms with E-state index in [2.05, 4.69) is 15.4 Å². The number of aromatic nitrogens is 3. The molecule has 0 saturated carbocycles. The topological polar surface area (TPSA) is 80.0 Å². The van der Waals surface area contributed by atoms with Crippen molar-refractivity contribution in [3.63, 3.8) is 0 Å². The van der Waals surface area contributed by atoms with Crippen molar-refractivity contribution in [2.45, 2.75) is 6.92 Å². The SMILES string of the molecule is Cc1cc(C(=O)Nc2ccc(-c3nc4ccccc4s3)c(O)c2)nn1C. The molecule has 0 atom stereocenters. The molecule has 0 unspecified atom stereocenters. The van der Waals surface area contributed by atoms with Gasteiger partial charge in [0.1, 0.15) is 10.8 Å². The molecule has 2 aromatic heterocycles. The lowest BCUT2D eigenvalue weighted by atomic mass is 10.2. The van der Waals surface area contributed by atoms with E-state index in [-0.39, 0.29) is 11.7 Å². The summed E-state index contributed by atoms with van der Waals surface area (Å²) in [6, 6.07) is 14.6. The number of anilines is 1. The number of carbonyl (C=O) groups excluding carboxylic acids is 1. The standard InChI is InChI=1S/C19H16N4O2S/c1-11-9-15(22-23(11)2)18(25)20-12-7-8-13(16(24)10-12)19-21-14-5-3-4-6-17(14)26-19/h3-10,24H,1-2H3,(H,20,25). The number of benzene rings is 2. The van der Waals surface area contributed by atoms with E-state index in [0.717, 1.165) is 20.9 Å². The second kappa shape index (κ2) is 6.27. The number of amides is 1. The van der Waals surface area contributed by atoms with E-state index in [9.17, 15) is 9.90 Å². The summed E-state index contributed by atoms with van der Waals surface area (Å²) in [7, 11) is 1.78. The smallest absolute Gasteiger partial charge is 0.276 e. The van der Waals surface area contributed by atoms with Gasteiger partial charge in [0.2, 0.25) is 0 Å². The molecule has 130 valence electrons. The Bertz CT molecular complexity index is 1080. The normalized spacial score (nSPS) is 11.0. The predicted molar refractivity (Wildman–Crippen MR) is 103 cm³/mol. The number of hydrogen-bond donors (Lipinski definition) is 2. The summed E-state index contributed by atoms with van der Waals surface area (Å²) in [5.74, 6) is -0.250. The van der Waals surface area contributed by atoms with Crippen LogP contribution in [0.15, 0.2) is 48.5 Å². The number of phenols is 1. The summed E-state index contributed by atoms with van der Waals surface area (Å²) >= 11 is 1.51. The van der Waals surface area contributed by atoms with Crippen molar-refractivity contribution < 1.29 is 9.90 Å². The van der Waals surface area contributed by atoms with Gasteiger partial charge in [-0.1, -0.05) is 12.1 Å². The average molecular weight is 364 g/mol. The van der Waals surface area contributed by atoms with Gasteiger partial charge in [0, 0.05) is 24.5 Å². The van der Waals surface area contributed by atoms with Crippen LogP contribution >= 0.6 is 11.3 Å². The summed E-state index contributed by atoms with van der Waals surface area (Å²) < 4.78 is 2.70. The molecule has 0 aliphatic rings. The Morgan fingerprint density at radius 2 is 2.00 bits per heavy atom. The quantitative estimate of drug-likeness (QED) is 0.577. The number of aryl methyl sites for hydroxylation is 2. The van der Waals surface area contributed by atoms with Gasteiger partial charge < -0.3 is 10.4 Å². The lowest BCUT2D eigenvalue weighted by Gasteiger charge is -2.06. The minimum Gasteiger partial charge on any atom is -0.507 e. The van der Waals surface area contributed by atoms with Crippen molar-refractivity contribution in [2.24, 2.45) is 7.05 Å². The van der Waals surface area contributed by atoms with Gasteiger partial charge in [-0.05, 0) is 37.3 Å². The maximum atomic E-state index is 12.3. The fourth-order valence-electron chi connectivity index (χ4n) is 2.64. The van der Waals surface area contributed by atoms with Crippen LogP contribution in [0.3, 0.4) is 0 Å². The third-order valence-corrected chi connectivity index (χ3v) is 5.20. The van der Waals surface area contributed by atoms with Crippen LogP contribution in [-0.4, -0.2) is 25.8 Å². The fourth-order valence-corrected chi connectivity index (χ4v) is 3.64. The van der Waals surface area contributed by atoms with Gasteiger partial charge in [0.25, 0.3) is 5.91 Å². The number of nitrogens with zero attached hydrogens (tertiary/aromatic N) is 3. The monoisotopic (exact) mass is 364 g/mol. The highest BCUT2D eigenvalue weighted by Gasteiger charge is 2.14. The van der Waals surface area contributed by atoms with Gasteiger partial charge in [0.15, 0.2) is 5.69 Å². The molecule has 7 heteroatoms. The first-order valence-corrected chi connectivity index (χ1v) is 8.84. The zero-order chi connectivity index (χ0) is 18.3. The molecular formula is C19H16N4O2S. The molecule has 4 rings (SSSR count). The maximum Gasteiger partial charge on any atom is 0.276 e. The second-order valence-corrected chi connectivity index (χ2v) is 7.00. The molecule has 0 bridgehead atoms. The molecule has 4 aromatic rings. The van der Waals surface area contributed by atoms with E-state index in [1.165, 1.54) is 17.4 Å².